The molecule has 3 amide bonds. The van der Waals surface area contributed by atoms with Crippen molar-refractivity contribution in [3.63, 3.8) is 0 Å². The molecule has 9 nitrogen and oxygen atoms in total. The van der Waals surface area contributed by atoms with Crippen molar-refractivity contribution in [3.8, 4) is 0 Å². The molecule has 0 radical (unpaired) electrons. The lowest BCUT2D eigenvalue weighted by Crippen LogP contribution is -2.46. The Hall–Kier alpha value is -3.70. The first-order valence-corrected chi connectivity index (χ1v) is 11.5. The summed E-state index contributed by atoms with van der Waals surface area (Å²) in [5.74, 6) is -1.84. The van der Waals surface area contributed by atoms with Crippen molar-refractivity contribution < 1.29 is 28.0 Å². The minimum absolute atomic E-state index is 0.0928. The van der Waals surface area contributed by atoms with Crippen molar-refractivity contribution in [1.82, 2.24) is 14.9 Å². The number of nitrogens with one attached hydrogen (secondary N) is 1. The van der Waals surface area contributed by atoms with Crippen LogP contribution in [-0.2, 0) is 22.6 Å². The number of hydrogen-bond donors (Lipinski definition) is 3. The summed E-state index contributed by atoms with van der Waals surface area (Å²) in [4.78, 5) is 43.6. The van der Waals surface area contributed by atoms with Gasteiger partial charge in [-0.1, -0.05) is 41.9 Å². The summed E-state index contributed by atoms with van der Waals surface area (Å²) >= 11 is 5.78. The third-order valence-corrected chi connectivity index (χ3v) is 6.45. The number of amides is 3. The normalized spacial score (nSPS) is 19.4. The van der Waals surface area contributed by atoms with Gasteiger partial charge >= 0.3 is 6.09 Å². The van der Waals surface area contributed by atoms with Crippen LogP contribution in [0.3, 0.4) is 0 Å². The molecule has 0 aliphatic carbocycles. The number of nitrogens with zero attached hydrogens (tertiary/aromatic N) is 2. The zero-order valence-corrected chi connectivity index (χ0v) is 19.8. The fraction of sp³-hybridized carbons (Fsp3) is 0.292. The smallest absolute Gasteiger partial charge is 0.350 e. The van der Waals surface area contributed by atoms with Gasteiger partial charge in [-0.2, -0.15) is 4.73 Å². The Bertz CT molecular complexity index is 1330. The number of fused-ring (bicyclic) bond motifs is 1. The first-order chi connectivity index (χ1) is 17.1. The fourth-order valence-electron chi connectivity index (χ4n) is 4.36. The predicted molar refractivity (Wildman–Crippen MR) is 128 cm³/mol. The monoisotopic (exact) mass is 519 g/mol. The van der Waals surface area contributed by atoms with Gasteiger partial charge in [0.2, 0.25) is 11.8 Å². The van der Waals surface area contributed by atoms with Gasteiger partial charge < -0.3 is 26.5 Å². The molecular formula is C24H24ClF2N5O4. The van der Waals surface area contributed by atoms with Crippen molar-refractivity contribution in [2.75, 3.05) is 13.1 Å². The molecule has 1 aliphatic rings. The Morgan fingerprint density at radius 1 is 1.17 bits per heavy atom. The van der Waals surface area contributed by atoms with E-state index >= 15 is 4.39 Å². The Balaban J connectivity index is 1.55. The Morgan fingerprint density at radius 3 is 2.64 bits per heavy atom. The number of para-hydroxylation sites is 1. The molecule has 2 heterocycles. The topological polar surface area (TPSA) is 133 Å². The molecule has 0 bridgehead atoms. The van der Waals surface area contributed by atoms with Crippen molar-refractivity contribution >= 4 is 40.4 Å². The molecular weight excluding hydrogens is 496 g/mol. The number of nitrogens with two attached hydrogens (primary N) is 2. The lowest BCUT2D eigenvalue weighted by Gasteiger charge is -2.24. The van der Waals surface area contributed by atoms with Crippen molar-refractivity contribution in [3.05, 3.63) is 70.6 Å². The van der Waals surface area contributed by atoms with Gasteiger partial charge in [-0.25, -0.2) is 13.6 Å². The Kier molecular flexibility index (Phi) is 7.14. The molecule has 0 unspecified atom stereocenters. The molecule has 1 fully saturated rings. The van der Waals surface area contributed by atoms with E-state index in [0.29, 0.717) is 16.5 Å². The first-order valence-electron chi connectivity index (χ1n) is 11.1. The third-order valence-electron chi connectivity index (χ3n) is 6.15. The van der Waals surface area contributed by atoms with Gasteiger partial charge in [-0.05, 0) is 17.7 Å². The maximum absolute atomic E-state index is 15.2. The van der Waals surface area contributed by atoms with Crippen LogP contribution < -0.4 is 21.6 Å². The van der Waals surface area contributed by atoms with Crippen molar-refractivity contribution in [1.29, 1.82) is 0 Å². The summed E-state index contributed by atoms with van der Waals surface area (Å²) in [5, 5.41) is 3.09. The molecule has 3 aromatic rings. The highest BCUT2D eigenvalue weighted by Crippen LogP contribution is 2.32. The Labute approximate surface area is 209 Å². The van der Waals surface area contributed by atoms with Crippen LogP contribution in [-0.4, -0.2) is 52.3 Å². The second-order valence-corrected chi connectivity index (χ2v) is 9.02. The summed E-state index contributed by atoms with van der Waals surface area (Å²) in [6, 6.07) is 10.1. The van der Waals surface area contributed by atoms with Gasteiger partial charge in [0.15, 0.2) is 0 Å². The molecule has 0 spiro atoms. The zero-order valence-electron chi connectivity index (χ0n) is 19.0. The Morgan fingerprint density at radius 2 is 1.92 bits per heavy atom. The second kappa shape index (κ2) is 10.1. The fourth-order valence-corrected chi connectivity index (χ4v) is 4.56. The summed E-state index contributed by atoms with van der Waals surface area (Å²) in [7, 11) is 0. The second-order valence-electron chi connectivity index (χ2n) is 8.61. The highest BCUT2D eigenvalue weighted by atomic mass is 35.5. The van der Waals surface area contributed by atoms with Gasteiger partial charge in [0.1, 0.15) is 17.5 Å². The van der Waals surface area contributed by atoms with E-state index in [1.54, 1.807) is 24.3 Å². The van der Waals surface area contributed by atoms with Crippen LogP contribution in [0.5, 0.6) is 0 Å². The highest BCUT2D eigenvalue weighted by Gasteiger charge is 2.48. The number of carbonyl (C=O) groups excluding carboxylic acids is 3. The van der Waals surface area contributed by atoms with Gasteiger partial charge in [0, 0.05) is 36.7 Å². The van der Waals surface area contributed by atoms with Crippen LogP contribution in [0.4, 0.5) is 13.6 Å². The standard InChI is InChI=1S/C24H24ClF2N5O4/c25-17-6-3-4-14(21(17)26)10-30-22(34)19-9-24(27,12-28)13-31(19)20(33)8-15-11-32(36-23(29)35)18-7-2-1-5-16(15)18/h1-7,11,19H,8-10,12-13,28H2,(H2,29,35)(H,30,34)/t19-,24-/m0/s1. The predicted octanol–water partition coefficient (Wildman–Crippen LogP) is 2.07. The third kappa shape index (κ3) is 5.12. The lowest BCUT2D eigenvalue weighted by atomic mass is 10.0. The SMILES string of the molecule is NC[C@@]1(F)C[C@@H](C(=O)NCc2cccc(Cl)c2F)N(C(=O)Cc2cn(OC(N)=O)c3ccccc23)C1. The molecule has 1 aliphatic heterocycles. The average molecular weight is 520 g/mol. The van der Waals surface area contributed by atoms with Crippen LogP contribution in [0.25, 0.3) is 10.9 Å². The lowest BCUT2D eigenvalue weighted by molar-refractivity contribution is -0.138. The van der Waals surface area contributed by atoms with Crippen LogP contribution in [0.15, 0.2) is 48.7 Å². The molecule has 1 saturated heterocycles. The van der Waals surface area contributed by atoms with Gasteiger partial charge in [0.25, 0.3) is 0 Å². The summed E-state index contributed by atoms with van der Waals surface area (Å²) in [5.41, 5.74) is 9.91. The largest absolute Gasteiger partial charge is 0.429 e. The van der Waals surface area contributed by atoms with Crippen molar-refractivity contribution in [2.24, 2.45) is 11.5 Å². The molecule has 2 atom stereocenters. The molecule has 12 heteroatoms. The number of hydrogen-bond acceptors (Lipinski definition) is 5. The number of carbonyl (C=O) groups is 3. The van der Waals surface area contributed by atoms with E-state index in [0.717, 1.165) is 9.63 Å². The molecule has 0 saturated carbocycles. The maximum Gasteiger partial charge on any atom is 0.429 e. The van der Waals surface area contributed by atoms with E-state index in [-0.39, 0.29) is 43.1 Å². The number of likely N-dealkylation sites (tertiary alicyclic amines) is 1. The number of alkyl halides is 1. The van der Waals surface area contributed by atoms with E-state index in [2.05, 4.69) is 5.32 Å². The van der Waals surface area contributed by atoms with Crippen LogP contribution in [0, 0.1) is 5.82 Å². The van der Waals surface area contributed by atoms with E-state index in [9.17, 15) is 18.8 Å². The molecule has 190 valence electrons. The molecule has 5 N–H and O–H groups in total. The molecule has 2 aromatic carbocycles. The maximum atomic E-state index is 15.2. The van der Waals surface area contributed by atoms with Crippen LogP contribution in [0.1, 0.15) is 17.5 Å². The molecule has 4 rings (SSSR count). The number of halogens is 3. The quantitative estimate of drug-likeness (QED) is 0.439. The minimum atomic E-state index is -1.96. The minimum Gasteiger partial charge on any atom is -0.350 e. The number of rotatable bonds is 7. The van der Waals surface area contributed by atoms with E-state index in [1.165, 1.54) is 24.4 Å². The van der Waals surface area contributed by atoms with E-state index < -0.39 is 35.4 Å². The number of benzene rings is 2. The van der Waals surface area contributed by atoms with Crippen LogP contribution in [0.2, 0.25) is 5.02 Å². The van der Waals surface area contributed by atoms with Crippen LogP contribution >= 0.6 is 11.6 Å². The van der Waals surface area contributed by atoms with Gasteiger partial charge in [0.05, 0.1) is 23.5 Å². The summed E-state index contributed by atoms with van der Waals surface area (Å²) < 4.78 is 30.6. The summed E-state index contributed by atoms with van der Waals surface area (Å²) in [6.07, 6.45) is -0.105. The van der Waals surface area contributed by atoms with Gasteiger partial charge in [-0.3, -0.25) is 9.59 Å². The van der Waals surface area contributed by atoms with E-state index in [1.807, 2.05) is 0 Å². The van der Waals surface area contributed by atoms with Gasteiger partial charge in [-0.15, -0.1) is 0 Å². The highest BCUT2D eigenvalue weighted by molar-refractivity contribution is 6.30. The molecule has 36 heavy (non-hydrogen) atoms. The first kappa shape index (κ1) is 25.4. The molecule has 1 aromatic heterocycles. The zero-order chi connectivity index (χ0) is 26.0. The summed E-state index contributed by atoms with van der Waals surface area (Å²) in [6.45, 7) is -0.943. The number of primary amides is 1. The van der Waals surface area contributed by atoms with E-state index in [4.69, 9.17) is 27.9 Å². The van der Waals surface area contributed by atoms with Crippen molar-refractivity contribution in [2.45, 2.75) is 31.1 Å². The number of aromatic nitrogens is 1. The average Bonchev–Trinajstić information content (AvgIpc) is 3.38.